The number of carbonyl (C=O) groups excluding carboxylic acids is 1. The standard InChI is InChI=1S/C16H12OS/c1-11(17)16-10-14-9-13(7-8-15(14)18-16)12-5-3-2-4-6-12/h2-10H,1H3. The van der Waals surface area contributed by atoms with Gasteiger partial charge in [-0.05, 0) is 41.6 Å². The van der Waals surface area contributed by atoms with Crippen LogP contribution in [0.4, 0.5) is 0 Å². The van der Waals surface area contributed by atoms with Crippen LogP contribution in [0.15, 0.2) is 54.6 Å². The molecule has 0 spiro atoms. The van der Waals surface area contributed by atoms with Crippen molar-refractivity contribution in [2.45, 2.75) is 6.92 Å². The van der Waals surface area contributed by atoms with Crippen molar-refractivity contribution >= 4 is 27.2 Å². The minimum absolute atomic E-state index is 0.137. The Kier molecular flexibility index (Phi) is 2.73. The van der Waals surface area contributed by atoms with Crippen LogP contribution in [-0.2, 0) is 0 Å². The monoisotopic (exact) mass is 252 g/mol. The second-order valence-corrected chi connectivity index (χ2v) is 5.37. The van der Waals surface area contributed by atoms with E-state index in [1.807, 2.05) is 24.3 Å². The number of thiophene rings is 1. The van der Waals surface area contributed by atoms with Crippen molar-refractivity contribution in [2.75, 3.05) is 0 Å². The molecule has 0 aliphatic rings. The Labute approximate surface area is 110 Å². The molecule has 0 atom stereocenters. The van der Waals surface area contributed by atoms with Crippen LogP contribution in [0.25, 0.3) is 21.2 Å². The van der Waals surface area contributed by atoms with Crippen LogP contribution in [0.3, 0.4) is 0 Å². The van der Waals surface area contributed by atoms with Gasteiger partial charge in [0.2, 0.25) is 0 Å². The summed E-state index contributed by atoms with van der Waals surface area (Å²) in [5.41, 5.74) is 2.39. The summed E-state index contributed by atoms with van der Waals surface area (Å²) in [6.45, 7) is 1.61. The Hall–Kier alpha value is -1.93. The van der Waals surface area contributed by atoms with Crippen LogP contribution in [-0.4, -0.2) is 5.78 Å². The van der Waals surface area contributed by atoms with Gasteiger partial charge in [-0.25, -0.2) is 0 Å². The van der Waals surface area contributed by atoms with Crippen molar-refractivity contribution in [1.29, 1.82) is 0 Å². The zero-order valence-electron chi connectivity index (χ0n) is 10.0. The molecule has 0 fully saturated rings. The zero-order chi connectivity index (χ0) is 12.5. The number of carbonyl (C=O) groups is 1. The number of benzene rings is 2. The molecular weight excluding hydrogens is 240 g/mol. The average molecular weight is 252 g/mol. The lowest BCUT2D eigenvalue weighted by Gasteiger charge is -2.00. The van der Waals surface area contributed by atoms with Gasteiger partial charge in [0, 0.05) is 4.70 Å². The van der Waals surface area contributed by atoms with Gasteiger partial charge in [-0.2, -0.15) is 0 Å². The maximum absolute atomic E-state index is 11.4. The van der Waals surface area contributed by atoms with Crippen molar-refractivity contribution < 1.29 is 4.79 Å². The van der Waals surface area contributed by atoms with Gasteiger partial charge >= 0.3 is 0 Å². The molecule has 0 aliphatic carbocycles. The molecule has 0 N–H and O–H groups in total. The summed E-state index contributed by atoms with van der Waals surface area (Å²) in [6, 6.07) is 18.6. The minimum atomic E-state index is 0.137. The normalized spacial score (nSPS) is 10.7. The van der Waals surface area contributed by atoms with Crippen LogP contribution in [0, 0.1) is 0 Å². The smallest absolute Gasteiger partial charge is 0.169 e. The van der Waals surface area contributed by atoms with Gasteiger partial charge in [-0.15, -0.1) is 11.3 Å². The second-order valence-electron chi connectivity index (χ2n) is 4.29. The zero-order valence-corrected chi connectivity index (χ0v) is 10.8. The van der Waals surface area contributed by atoms with E-state index in [0.29, 0.717) is 0 Å². The molecule has 0 saturated carbocycles. The van der Waals surface area contributed by atoms with Crippen molar-refractivity contribution in [3.8, 4) is 11.1 Å². The van der Waals surface area contributed by atoms with E-state index in [2.05, 4.69) is 30.3 Å². The van der Waals surface area contributed by atoms with Crippen LogP contribution in [0.2, 0.25) is 0 Å². The van der Waals surface area contributed by atoms with E-state index in [-0.39, 0.29) is 5.78 Å². The number of fused-ring (bicyclic) bond motifs is 1. The summed E-state index contributed by atoms with van der Waals surface area (Å²) in [5.74, 6) is 0.137. The van der Waals surface area contributed by atoms with Crippen LogP contribution in [0.5, 0.6) is 0 Å². The van der Waals surface area contributed by atoms with Crippen molar-refractivity contribution in [1.82, 2.24) is 0 Å². The Morgan fingerprint density at radius 2 is 1.72 bits per heavy atom. The van der Waals surface area contributed by atoms with E-state index in [4.69, 9.17) is 0 Å². The van der Waals surface area contributed by atoms with Gasteiger partial charge < -0.3 is 0 Å². The van der Waals surface area contributed by atoms with Crippen LogP contribution >= 0.6 is 11.3 Å². The number of Topliss-reactive ketones (excluding diaryl/α,β-unsaturated/α-hetero) is 1. The molecule has 0 unspecified atom stereocenters. The van der Waals surface area contributed by atoms with Crippen LogP contribution < -0.4 is 0 Å². The minimum Gasteiger partial charge on any atom is -0.294 e. The molecule has 2 aromatic carbocycles. The molecular formula is C16H12OS. The highest BCUT2D eigenvalue weighted by molar-refractivity contribution is 7.20. The molecule has 1 aromatic heterocycles. The third-order valence-corrected chi connectivity index (χ3v) is 4.19. The van der Waals surface area contributed by atoms with Gasteiger partial charge in [0.15, 0.2) is 5.78 Å². The predicted octanol–water partition coefficient (Wildman–Crippen LogP) is 4.77. The van der Waals surface area contributed by atoms with E-state index in [1.54, 1.807) is 18.3 Å². The molecule has 0 amide bonds. The summed E-state index contributed by atoms with van der Waals surface area (Å²) in [5, 5.41) is 1.14. The van der Waals surface area contributed by atoms with Crippen molar-refractivity contribution in [3.05, 3.63) is 59.5 Å². The lowest BCUT2D eigenvalue weighted by atomic mass is 10.0. The number of hydrogen-bond donors (Lipinski definition) is 0. The van der Waals surface area contributed by atoms with Crippen molar-refractivity contribution in [2.24, 2.45) is 0 Å². The topological polar surface area (TPSA) is 17.1 Å². The maximum atomic E-state index is 11.4. The fraction of sp³-hybridized carbons (Fsp3) is 0.0625. The van der Waals surface area contributed by atoms with E-state index < -0.39 is 0 Å². The van der Waals surface area contributed by atoms with Gasteiger partial charge in [0.1, 0.15) is 0 Å². The average Bonchev–Trinajstić information content (AvgIpc) is 2.82. The van der Waals surface area contributed by atoms with Gasteiger partial charge in [0.05, 0.1) is 4.88 Å². The fourth-order valence-electron chi connectivity index (χ4n) is 2.03. The highest BCUT2D eigenvalue weighted by Crippen LogP contribution is 2.30. The quantitative estimate of drug-likeness (QED) is 0.600. The Balaban J connectivity index is 2.14. The summed E-state index contributed by atoms with van der Waals surface area (Å²) in [7, 11) is 0. The second kappa shape index (κ2) is 4.39. The van der Waals surface area contributed by atoms with Gasteiger partial charge in [-0.3, -0.25) is 4.79 Å². The first-order valence-electron chi connectivity index (χ1n) is 5.84. The van der Waals surface area contributed by atoms with Crippen LogP contribution in [0.1, 0.15) is 16.6 Å². The molecule has 3 rings (SSSR count). The molecule has 3 aromatic rings. The highest BCUT2D eigenvalue weighted by atomic mass is 32.1. The largest absolute Gasteiger partial charge is 0.294 e. The molecule has 18 heavy (non-hydrogen) atoms. The number of ketones is 1. The molecule has 0 bridgehead atoms. The van der Waals surface area contributed by atoms with E-state index in [0.717, 1.165) is 10.3 Å². The fourth-order valence-corrected chi connectivity index (χ4v) is 2.97. The summed E-state index contributed by atoms with van der Waals surface area (Å²) < 4.78 is 1.17. The Morgan fingerprint density at radius 3 is 2.44 bits per heavy atom. The predicted molar refractivity (Wildman–Crippen MR) is 77.3 cm³/mol. The first-order chi connectivity index (χ1) is 8.74. The summed E-state index contributed by atoms with van der Waals surface area (Å²) >= 11 is 1.56. The first-order valence-corrected chi connectivity index (χ1v) is 6.65. The van der Waals surface area contributed by atoms with Gasteiger partial charge in [-0.1, -0.05) is 36.4 Å². The Bertz CT molecular complexity index is 710. The van der Waals surface area contributed by atoms with Gasteiger partial charge in [0.25, 0.3) is 0 Å². The molecule has 2 heteroatoms. The maximum Gasteiger partial charge on any atom is 0.169 e. The molecule has 1 heterocycles. The summed E-state index contributed by atoms with van der Waals surface area (Å²) in [4.78, 5) is 12.2. The number of rotatable bonds is 2. The van der Waals surface area contributed by atoms with Crippen molar-refractivity contribution in [3.63, 3.8) is 0 Å². The summed E-state index contributed by atoms with van der Waals surface area (Å²) in [6.07, 6.45) is 0. The SMILES string of the molecule is CC(=O)c1cc2cc(-c3ccccc3)ccc2s1. The third-order valence-electron chi connectivity index (χ3n) is 2.97. The molecule has 1 nitrogen and oxygen atoms in total. The molecule has 0 radical (unpaired) electrons. The van der Waals surface area contributed by atoms with E-state index in [1.165, 1.54) is 15.8 Å². The number of hydrogen-bond acceptors (Lipinski definition) is 2. The highest BCUT2D eigenvalue weighted by Gasteiger charge is 2.06. The molecule has 0 saturated heterocycles. The third kappa shape index (κ3) is 1.95. The molecule has 88 valence electrons. The lowest BCUT2D eigenvalue weighted by molar-refractivity contribution is 0.102. The van der Waals surface area contributed by atoms with E-state index >= 15 is 0 Å². The lowest BCUT2D eigenvalue weighted by Crippen LogP contribution is -1.83. The molecule has 0 aliphatic heterocycles. The Morgan fingerprint density at radius 1 is 0.944 bits per heavy atom. The first kappa shape index (κ1) is 11.2. The van der Waals surface area contributed by atoms with E-state index in [9.17, 15) is 4.79 Å².